The maximum Gasteiger partial charge on any atom is 0.194 e. The van der Waals surface area contributed by atoms with Crippen LogP contribution in [0.3, 0.4) is 0 Å². The van der Waals surface area contributed by atoms with E-state index in [0.29, 0.717) is 25.6 Å². The summed E-state index contributed by atoms with van der Waals surface area (Å²) in [6.07, 6.45) is 3.36. The highest BCUT2D eigenvalue weighted by Gasteiger charge is 2.11. The lowest BCUT2D eigenvalue weighted by Crippen LogP contribution is -2.00. The molecule has 0 amide bonds. The molecule has 2 aromatic rings. The summed E-state index contributed by atoms with van der Waals surface area (Å²) in [5.41, 5.74) is 6.42. The topological polar surface area (TPSA) is 70.5 Å². The molecule has 2 N–H and O–H groups in total. The Kier molecular flexibility index (Phi) is 5.63. The molecule has 0 spiro atoms. The predicted molar refractivity (Wildman–Crippen MR) is 81.7 cm³/mol. The largest absolute Gasteiger partial charge is 0.490 e. The maximum absolute atomic E-state index is 5.74. The zero-order valence-electron chi connectivity index (χ0n) is 12.6. The predicted octanol–water partition coefficient (Wildman–Crippen LogP) is 3.03. The second kappa shape index (κ2) is 7.69. The highest BCUT2D eigenvalue weighted by molar-refractivity contribution is 5.62. The number of ether oxygens (including phenoxy) is 2. The van der Waals surface area contributed by atoms with Crippen LogP contribution in [0.15, 0.2) is 28.8 Å². The van der Waals surface area contributed by atoms with Gasteiger partial charge in [-0.15, -0.1) is 0 Å². The fourth-order valence-electron chi connectivity index (χ4n) is 2.02. The molecule has 1 aromatic heterocycles. The van der Waals surface area contributed by atoms with Gasteiger partial charge in [0, 0.05) is 12.0 Å². The van der Waals surface area contributed by atoms with Crippen molar-refractivity contribution < 1.29 is 13.9 Å². The zero-order valence-corrected chi connectivity index (χ0v) is 12.6. The monoisotopic (exact) mass is 290 g/mol. The minimum atomic E-state index is 0.585. The first kappa shape index (κ1) is 15.4. The van der Waals surface area contributed by atoms with E-state index < -0.39 is 0 Å². The summed E-state index contributed by atoms with van der Waals surface area (Å²) in [4.78, 5) is 4.27. The minimum absolute atomic E-state index is 0.585. The molecule has 0 unspecified atom stereocenters. The van der Waals surface area contributed by atoms with Crippen LogP contribution < -0.4 is 15.2 Å². The summed E-state index contributed by atoms with van der Waals surface area (Å²) < 4.78 is 16.9. The summed E-state index contributed by atoms with van der Waals surface area (Å²) >= 11 is 0. The summed E-state index contributed by atoms with van der Waals surface area (Å²) in [6, 6.07) is 5.76. The molecule has 0 bridgehead atoms. The summed E-state index contributed by atoms with van der Waals surface area (Å²) in [6.45, 7) is 5.72. The van der Waals surface area contributed by atoms with Crippen LogP contribution in [-0.4, -0.2) is 24.7 Å². The fraction of sp³-hybridized carbons (Fsp3) is 0.438. The molecule has 0 aliphatic carbocycles. The van der Waals surface area contributed by atoms with Crippen LogP contribution in [0.5, 0.6) is 11.5 Å². The van der Waals surface area contributed by atoms with Crippen LogP contribution in [0.2, 0.25) is 0 Å². The van der Waals surface area contributed by atoms with E-state index in [9.17, 15) is 0 Å². The smallest absolute Gasteiger partial charge is 0.194 e. The van der Waals surface area contributed by atoms with Crippen LogP contribution in [-0.2, 0) is 6.42 Å². The lowest BCUT2D eigenvalue weighted by atomic mass is 10.1. The first-order valence-electron chi connectivity index (χ1n) is 7.33. The van der Waals surface area contributed by atoms with Gasteiger partial charge in [0.25, 0.3) is 0 Å². The summed E-state index contributed by atoms with van der Waals surface area (Å²) in [7, 11) is 0. The summed E-state index contributed by atoms with van der Waals surface area (Å²) in [5, 5.41) is 0. The molecule has 114 valence electrons. The SMILES string of the molecule is CCOc1ccc(-c2cnc(CCCN)o2)cc1OCC. The van der Waals surface area contributed by atoms with E-state index in [1.807, 2.05) is 32.0 Å². The number of hydrogen-bond donors (Lipinski definition) is 1. The second-order valence-electron chi connectivity index (χ2n) is 4.54. The Labute approximate surface area is 125 Å². The fourth-order valence-corrected chi connectivity index (χ4v) is 2.02. The van der Waals surface area contributed by atoms with Gasteiger partial charge in [-0.05, 0) is 45.0 Å². The first-order chi connectivity index (χ1) is 10.3. The van der Waals surface area contributed by atoms with E-state index in [-0.39, 0.29) is 0 Å². The highest BCUT2D eigenvalue weighted by Crippen LogP contribution is 2.33. The first-order valence-corrected chi connectivity index (χ1v) is 7.33. The quantitative estimate of drug-likeness (QED) is 0.809. The number of hydrogen-bond acceptors (Lipinski definition) is 5. The number of nitrogens with two attached hydrogens (primary N) is 1. The molecule has 0 saturated heterocycles. The molecule has 1 heterocycles. The highest BCUT2D eigenvalue weighted by atomic mass is 16.5. The van der Waals surface area contributed by atoms with Gasteiger partial charge in [-0.25, -0.2) is 4.98 Å². The van der Waals surface area contributed by atoms with E-state index in [1.54, 1.807) is 6.20 Å². The second-order valence-corrected chi connectivity index (χ2v) is 4.54. The Balaban J connectivity index is 2.22. The molecule has 1 aromatic carbocycles. The average molecular weight is 290 g/mol. The van der Waals surface area contributed by atoms with Crippen LogP contribution in [0.25, 0.3) is 11.3 Å². The van der Waals surface area contributed by atoms with E-state index in [1.165, 1.54) is 0 Å². The Hall–Kier alpha value is -2.01. The maximum atomic E-state index is 5.74. The number of aromatic nitrogens is 1. The van der Waals surface area contributed by atoms with Crippen molar-refractivity contribution in [1.82, 2.24) is 4.98 Å². The van der Waals surface area contributed by atoms with Crippen LogP contribution in [0, 0.1) is 0 Å². The van der Waals surface area contributed by atoms with Crippen LogP contribution in [0.1, 0.15) is 26.2 Å². The Morgan fingerprint density at radius 2 is 1.90 bits per heavy atom. The molecular formula is C16H22N2O3. The lowest BCUT2D eigenvalue weighted by molar-refractivity contribution is 0.288. The van der Waals surface area contributed by atoms with Gasteiger partial charge in [-0.2, -0.15) is 0 Å². The molecule has 0 aliphatic rings. The molecule has 0 atom stereocenters. The number of benzene rings is 1. The van der Waals surface area contributed by atoms with Crippen molar-refractivity contribution in [2.24, 2.45) is 5.73 Å². The number of oxazole rings is 1. The molecular weight excluding hydrogens is 268 g/mol. The standard InChI is InChI=1S/C16H22N2O3/c1-3-19-13-8-7-12(10-14(13)20-4-2)15-11-18-16(21-15)6-5-9-17/h7-8,10-11H,3-6,9,17H2,1-2H3. The third-order valence-corrected chi connectivity index (χ3v) is 2.98. The van der Waals surface area contributed by atoms with E-state index in [2.05, 4.69) is 4.98 Å². The van der Waals surface area contributed by atoms with E-state index in [4.69, 9.17) is 19.6 Å². The van der Waals surface area contributed by atoms with E-state index >= 15 is 0 Å². The number of nitrogens with zero attached hydrogens (tertiary/aromatic N) is 1. The van der Waals surface area contributed by atoms with Gasteiger partial charge in [0.1, 0.15) is 0 Å². The minimum Gasteiger partial charge on any atom is -0.490 e. The summed E-state index contributed by atoms with van der Waals surface area (Å²) in [5.74, 6) is 2.90. The average Bonchev–Trinajstić information content (AvgIpc) is 2.96. The van der Waals surface area contributed by atoms with Gasteiger partial charge in [-0.1, -0.05) is 0 Å². The molecule has 0 fully saturated rings. The molecule has 21 heavy (non-hydrogen) atoms. The molecule has 2 rings (SSSR count). The Bertz CT molecular complexity index is 566. The van der Waals surface area contributed by atoms with Crippen LogP contribution in [0.4, 0.5) is 0 Å². The van der Waals surface area contributed by atoms with Gasteiger partial charge in [0.05, 0.1) is 19.4 Å². The van der Waals surface area contributed by atoms with Crippen molar-refractivity contribution >= 4 is 0 Å². The van der Waals surface area contributed by atoms with Gasteiger partial charge < -0.3 is 19.6 Å². The zero-order chi connectivity index (χ0) is 15.1. The van der Waals surface area contributed by atoms with Gasteiger partial charge >= 0.3 is 0 Å². The molecule has 0 radical (unpaired) electrons. The van der Waals surface area contributed by atoms with Crippen molar-refractivity contribution in [3.63, 3.8) is 0 Å². The van der Waals surface area contributed by atoms with Gasteiger partial charge in [0.2, 0.25) is 0 Å². The van der Waals surface area contributed by atoms with Gasteiger partial charge in [0.15, 0.2) is 23.1 Å². The van der Waals surface area contributed by atoms with Gasteiger partial charge in [-0.3, -0.25) is 0 Å². The number of aryl methyl sites for hydroxylation is 1. The lowest BCUT2D eigenvalue weighted by Gasteiger charge is -2.11. The third-order valence-electron chi connectivity index (χ3n) is 2.98. The van der Waals surface area contributed by atoms with Crippen LogP contribution >= 0.6 is 0 Å². The molecule has 5 nitrogen and oxygen atoms in total. The Morgan fingerprint density at radius 3 is 2.62 bits per heavy atom. The molecule has 0 saturated carbocycles. The van der Waals surface area contributed by atoms with Crippen molar-refractivity contribution in [2.45, 2.75) is 26.7 Å². The van der Waals surface area contributed by atoms with E-state index in [0.717, 1.165) is 35.7 Å². The molecule has 0 aliphatic heterocycles. The third kappa shape index (κ3) is 3.98. The van der Waals surface area contributed by atoms with Crippen molar-refractivity contribution in [1.29, 1.82) is 0 Å². The molecule has 5 heteroatoms. The Morgan fingerprint density at radius 1 is 1.14 bits per heavy atom. The number of rotatable bonds is 8. The van der Waals surface area contributed by atoms with Crippen molar-refractivity contribution in [3.05, 3.63) is 30.3 Å². The van der Waals surface area contributed by atoms with Crippen molar-refractivity contribution in [3.8, 4) is 22.8 Å². The normalized spacial score (nSPS) is 10.6. The van der Waals surface area contributed by atoms with Crippen molar-refractivity contribution in [2.75, 3.05) is 19.8 Å².